The van der Waals surface area contributed by atoms with Crippen molar-refractivity contribution < 1.29 is 0 Å². The monoisotopic (exact) mass is 282 g/mol. The van der Waals surface area contributed by atoms with Crippen molar-refractivity contribution in [2.24, 2.45) is 0 Å². The number of benzene rings is 1. The highest BCUT2D eigenvalue weighted by Gasteiger charge is 2.22. The molecule has 88 valence electrons. The lowest BCUT2D eigenvalue weighted by molar-refractivity contribution is 0.240. The van der Waals surface area contributed by atoms with E-state index in [0.29, 0.717) is 0 Å². The Labute approximate surface area is 106 Å². The van der Waals surface area contributed by atoms with Gasteiger partial charge in [-0.2, -0.15) is 0 Å². The van der Waals surface area contributed by atoms with Crippen LogP contribution in [0, 0.1) is 0 Å². The van der Waals surface area contributed by atoms with Crippen molar-refractivity contribution in [3.05, 3.63) is 28.2 Å². The largest absolute Gasteiger partial charge is 0.398 e. The number of rotatable bonds is 3. The molecule has 16 heavy (non-hydrogen) atoms. The Bertz CT molecular complexity index is 365. The van der Waals surface area contributed by atoms with Gasteiger partial charge in [-0.3, -0.25) is 4.90 Å². The summed E-state index contributed by atoms with van der Waals surface area (Å²) in [5.41, 5.74) is 7.96. The Kier molecular flexibility index (Phi) is 3.87. The molecule has 0 bridgehead atoms. The van der Waals surface area contributed by atoms with E-state index >= 15 is 0 Å². The SMILES string of the molecule is CCC1CCCN1Cc1ccc(N)c(Br)c1. The average Bonchev–Trinajstić information content (AvgIpc) is 2.71. The van der Waals surface area contributed by atoms with Gasteiger partial charge >= 0.3 is 0 Å². The van der Waals surface area contributed by atoms with E-state index in [0.717, 1.165) is 22.7 Å². The normalized spacial score (nSPS) is 21.5. The highest BCUT2D eigenvalue weighted by atomic mass is 79.9. The third-order valence-electron chi connectivity index (χ3n) is 3.42. The molecule has 0 radical (unpaired) electrons. The highest BCUT2D eigenvalue weighted by Crippen LogP contribution is 2.25. The Balaban J connectivity index is 2.05. The van der Waals surface area contributed by atoms with Gasteiger partial charge in [0.2, 0.25) is 0 Å². The van der Waals surface area contributed by atoms with Crippen LogP contribution >= 0.6 is 15.9 Å². The molecule has 1 aliphatic rings. The lowest BCUT2D eigenvalue weighted by Crippen LogP contribution is -2.28. The lowest BCUT2D eigenvalue weighted by Gasteiger charge is -2.23. The molecule has 0 amide bonds. The smallest absolute Gasteiger partial charge is 0.0458 e. The van der Waals surface area contributed by atoms with Crippen molar-refractivity contribution in [3.63, 3.8) is 0 Å². The number of anilines is 1. The molecule has 3 heteroatoms. The summed E-state index contributed by atoms with van der Waals surface area (Å²) in [6.45, 7) is 4.57. The van der Waals surface area contributed by atoms with Gasteiger partial charge in [-0.1, -0.05) is 13.0 Å². The standard InChI is InChI=1S/C13H19BrN2/c1-2-11-4-3-7-16(11)9-10-5-6-13(15)12(14)8-10/h5-6,8,11H,2-4,7,9,15H2,1H3. The third-order valence-corrected chi connectivity index (χ3v) is 4.11. The second-order valence-corrected chi connectivity index (χ2v) is 5.38. The first-order valence-corrected chi connectivity index (χ1v) is 6.78. The maximum absolute atomic E-state index is 5.79. The van der Waals surface area contributed by atoms with E-state index in [1.165, 1.54) is 31.4 Å². The molecular formula is C13H19BrN2. The molecule has 1 aliphatic heterocycles. The zero-order chi connectivity index (χ0) is 11.5. The van der Waals surface area contributed by atoms with Gasteiger partial charge in [-0.15, -0.1) is 0 Å². The van der Waals surface area contributed by atoms with Crippen LogP contribution in [0.3, 0.4) is 0 Å². The summed E-state index contributed by atoms with van der Waals surface area (Å²) in [7, 11) is 0. The molecule has 1 heterocycles. The van der Waals surface area contributed by atoms with E-state index in [1.54, 1.807) is 0 Å². The fraction of sp³-hybridized carbons (Fsp3) is 0.538. The van der Waals surface area contributed by atoms with E-state index in [2.05, 4.69) is 39.9 Å². The van der Waals surface area contributed by atoms with Crippen LogP contribution in [0.25, 0.3) is 0 Å². The van der Waals surface area contributed by atoms with E-state index in [9.17, 15) is 0 Å². The van der Waals surface area contributed by atoms with Crippen LogP contribution in [-0.4, -0.2) is 17.5 Å². The molecule has 0 saturated carbocycles. The second-order valence-electron chi connectivity index (χ2n) is 4.53. The predicted octanol–water partition coefficient (Wildman–Crippen LogP) is 3.41. The number of likely N-dealkylation sites (tertiary alicyclic amines) is 1. The molecule has 0 aliphatic carbocycles. The van der Waals surface area contributed by atoms with Gasteiger partial charge in [0.25, 0.3) is 0 Å². The van der Waals surface area contributed by atoms with E-state index in [1.807, 2.05) is 6.07 Å². The van der Waals surface area contributed by atoms with Crippen LogP contribution in [0.5, 0.6) is 0 Å². The number of nitrogens with two attached hydrogens (primary N) is 1. The van der Waals surface area contributed by atoms with Crippen molar-refractivity contribution in [2.75, 3.05) is 12.3 Å². The first-order chi connectivity index (χ1) is 7.70. The third kappa shape index (κ3) is 2.58. The van der Waals surface area contributed by atoms with Gasteiger partial charge in [0, 0.05) is 22.7 Å². The molecule has 1 aromatic carbocycles. The topological polar surface area (TPSA) is 29.3 Å². The summed E-state index contributed by atoms with van der Waals surface area (Å²) in [6.07, 6.45) is 3.96. The molecule has 1 atom stereocenters. The maximum Gasteiger partial charge on any atom is 0.0458 e. The number of hydrogen-bond acceptors (Lipinski definition) is 2. The number of halogens is 1. The van der Waals surface area contributed by atoms with Gasteiger partial charge in [0.15, 0.2) is 0 Å². The van der Waals surface area contributed by atoms with Crippen molar-refractivity contribution >= 4 is 21.6 Å². The molecule has 0 aromatic heterocycles. The first kappa shape index (κ1) is 11.9. The van der Waals surface area contributed by atoms with Crippen molar-refractivity contribution in [1.82, 2.24) is 4.90 Å². The van der Waals surface area contributed by atoms with E-state index < -0.39 is 0 Å². The van der Waals surface area contributed by atoms with Gasteiger partial charge in [-0.25, -0.2) is 0 Å². The summed E-state index contributed by atoms with van der Waals surface area (Å²) in [5, 5.41) is 0. The zero-order valence-electron chi connectivity index (χ0n) is 9.75. The molecule has 1 aromatic rings. The van der Waals surface area contributed by atoms with Crippen molar-refractivity contribution in [3.8, 4) is 0 Å². The minimum Gasteiger partial charge on any atom is -0.398 e. The molecule has 0 spiro atoms. The van der Waals surface area contributed by atoms with Gasteiger partial charge < -0.3 is 5.73 Å². The summed E-state index contributed by atoms with van der Waals surface area (Å²) in [6, 6.07) is 7.03. The van der Waals surface area contributed by atoms with Gasteiger partial charge in [0.05, 0.1) is 0 Å². The Hall–Kier alpha value is -0.540. The molecule has 1 saturated heterocycles. The highest BCUT2D eigenvalue weighted by molar-refractivity contribution is 9.10. The Morgan fingerprint density at radius 1 is 1.50 bits per heavy atom. The lowest BCUT2D eigenvalue weighted by atomic mass is 10.1. The van der Waals surface area contributed by atoms with Crippen LogP contribution in [0.2, 0.25) is 0 Å². The molecule has 2 rings (SSSR count). The van der Waals surface area contributed by atoms with Crippen LogP contribution < -0.4 is 5.73 Å². The minimum absolute atomic E-state index is 0.774. The van der Waals surface area contributed by atoms with Crippen LogP contribution in [0.1, 0.15) is 31.7 Å². The molecular weight excluding hydrogens is 264 g/mol. The first-order valence-electron chi connectivity index (χ1n) is 5.98. The quantitative estimate of drug-likeness (QED) is 0.861. The molecule has 1 fully saturated rings. The molecule has 1 unspecified atom stereocenters. The minimum atomic E-state index is 0.774. The molecule has 2 N–H and O–H groups in total. The van der Waals surface area contributed by atoms with Gasteiger partial charge in [0.1, 0.15) is 0 Å². The fourth-order valence-corrected chi connectivity index (χ4v) is 2.90. The second kappa shape index (κ2) is 5.19. The Morgan fingerprint density at radius 2 is 2.31 bits per heavy atom. The number of nitrogen functional groups attached to an aromatic ring is 1. The van der Waals surface area contributed by atoms with Crippen LogP contribution in [0.15, 0.2) is 22.7 Å². The van der Waals surface area contributed by atoms with Crippen molar-refractivity contribution in [2.45, 2.75) is 38.8 Å². The van der Waals surface area contributed by atoms with Crippen LogP contribution in [-0.2, 0) is 6.54 Å². The van der Waals surface area contributed by atoms with Gasteiger partial charge in [-0.05, 0) is 59.4 Å². The summed E-state index contributed by atoms with van der Waals surface area (Å²) in [4.78, 5) is 2.58. The number of hydrogen-bond donors (Lipinski definition) is 1. The summed E-state index contributed by atoms with van der Waals surface area (Å²) in [5.74, 6) is 0. The Morgan fingerprint density at radius 3 is 3.00 bits per heavy atom. The molecule has 2 nitrogen and oxygen atoms in total. The van der Waals surface area contributed by atoms with Crippen molar-refractivity contribution in [1.29, 1.82) is 0 Å². The fourth-order valence-electron chi connectivity index (χ4n) is 2.47. The van der Waals surface area contributed by atoms with E-state index in [4.69, 9.17) is 5.73 Å². The van der Waals surface area contributed by atoms with Crippen LogP contribution in [0.4, 0.5) is 5.69 Å². The summed E-state index contributed by atoms with van der Waals surface area (Å²) >= 11 is 3.48. The average molecular weight is 283 g/mol. The van der Waals surface area contributed by atoms with E-state index in [-0.39, 0.29) is 0 Å². The maximum atomic E-state index is 5.79. The zero-order valence-corrected chi connectivity index (χ0v) is 11.3. The summed E-state index contributed by atoms with van der Waals surface area (Å²) < 4.78 is 1.01. The number of nitrogens with zero attached hydrogens (tertiary/aromatic N) is 1. The predicted molar refractivity (Wildman–Crippen MR) is 72.3 cm³/mol.